The van der Waals surface area contributed by atoms with Gasteiger partial charge in [0.1, 0.15) is 5.75 Å². The molecule has 0 aromatic heterocycles. The summed E-state index contributed by atoms with van der Waals surface area (Å²) in [6, 6.07) is 5.40. The van der Waals surface area contributed by atoms with Crippen LogP contribution in [0.15, 0.2) is 18.2 Å². The van der Waals surface area contributed by atoms with Crippen LogP contribution in [0.25, 0.3) is 0 Å². The Morgan fingerprint density at radius 3 is 2.52 bits per heavy atom. The molecule has 1 heterocycles. The number of carbonyl (C=O) groups excluding carboxylic acids is 2. The summed E-state index contributed by atoms with van der Waals surface area (Å²) < 4.78 is 10.6. The van der Waals surface area contributed by atoms with E-state index in [2.05, 4.69) is 0 Å². The van der Waals surface area contributed by atoms with Crippen LogP contribution in [0.4, 0.5) is 0 Å². The lowest BCUT2D eigenvalue weighted by Crippen LogP contribution is -2.44. The minimum atomic E-state index is -0.252. The topological polar surface area (TPSA) is 55.8 Å². The predicted molar refractivity (Wildman–Crippen MR) is 115 cm³/mol. The zero-order valence-electron chi connectivity index (χ0n) is 18.5. The number of piperidine rings is 1. The van der Waals surface area contributed by atoms with E-state index in [-0.39, 0.29) is 18.3 Å². The molecule has 162 valence electrons. The molecule has 29 heavy (non-hydrogen) atoms. The molecule has 1 aromatic carbocycles. The van der Waals surface area contributed by atoms with Crippen molar-refractivity contribution in [1.82, 2.24) is 4.90 Å². The largest absolute Gasteiger partial charge is 0.496 e. The van der Waals surface area contributed by atoms with Gasteiger partial charge in [-0.05, 0) is 48.8 Å². The summed E-state index contributed by atoms with van der Waals surface area (Å²) >= 11 is 0. The van der Waals surface area contributed by atoms with E-state index in [1.54, 1.807) is 19.2 Å². The molecule has 1 aromatic rings. The van der Waals surface area contributed by atoms with Gasteiger partial charge < -0.3 is 14.4 Å². The van der Waals surface area contributed by atoms with E-state index in [0.29, 0.717) is 23.8 Å². The molecule has 5 heteroatoms. The van der Waals surface area contributed by atoms with Crippen LogP contribution in [0.5, 0.6) is 5.75 Å². The van der Waals surface area contributed by atoms with Crippen LogP contribution < -0.4 is 4.74 Å². The third kappa shape index (κ3) is 6.22. The van der Waals surface area contributed by atoms with E-state index < -0.39 is 0 Å². The van der Waals surface area contributed by atoms with E-state index in [9.17, 15) is 9.59 Å². The lowest BCUT2D eigenvalue weighted by Gasteiger charge is -2.41. The Morgan fingerprint density at radius 1 is 1.10 bits per heavy atom. The predicted octanol–water partition coefficient (Wildman–Crippen LogP) is 4.87. The Morgan fingerprint density at radius 2 is 1.83 bits per heavy atom. The zero-order valence-corrected chi connectivity index (χ0v) is 18.5. The third-order valence-corrected chi connectivity index (χ3v) is 5.89. The van der Waals surface area contributed by atoms with Crippen LogP contribution in [0.1, 0.15) is 75.2 Å². The molecule has 2 fully saturated rings. The molecule has 1 saturated heterocycles. The number of likely N-dealkylation sites (tertiary alicyclic amines) is 1. The molecule has 1 unspecified atom stereocenters. The highest BCUT2D eigenvalue weighted by molar-refractivity contribution is 5.97. The van der Waals surface area contributed by atoms with Gasteiger partial charge in [-0.15, -0.1) is 0 Å². The Balaban J connectivity index is 0.00000145. The highest BCUT2D eigenvalue weighted by Crippen LogP contribution is 2.37. The summed E-state index contributed by atoms with van der Waals surface area (Å²) in [5.74, 6) is 1.76. The van der Waals surface area contributed by atoms with Crippen molar-refractivity contribution in [2.45, 2.75) is 65.7 Å². The number of rotatable bonds is 6. The normalized spacial score (nSPS) is 20.8. The van der Waals surface area contributed by atoms with E-state index >= 15 is 0 Å². The van der Waals surface area contributed by atoms with Gasteiger partial charge in [0, 0.05) is 13.1 Å². The maximum absolute atomic E-state index is 13.1. The quantitative estimate of drug-likeness (QED) is 0.636. The van der Waals surface area contributed by atoms with E-state index in [1.165, 1.54) is 25.7 Å². The van der Waals surface area contributed by atoms with Gasteiger partial charge in [0.25, 0.3) is 5.91 Å². The second-order valence-corrected chi connectivity index (χ2v) is 7.78. The molecule has 2 atom stereocenters. The van der Waals surface area contributed by atoms with Crippen LogP contribution in [0.2, 0.25) is 0 Å². The number of fused-ring (bicyclic) bond motifs is 1. The number of benzene rings is 1. The average Bonchev–Trinajstić information content (AvgIpc) is 2.78. The molecule has 0 bridgehead atoms. The van der Waals surface area contributed by atoms with Crippen molar-refractivity contribution < 1.29 is 19.1 Å². The van der Waals surface area contributed by atoms with E-state index in [0.717, 1.165) is 37.4 Å². The fraction of sp³-hybridized carbons (Fsp3) is 0.667. The zero-order chi connectivity index (χ0) is 21.2. The standard InChI is InChI=1S/C22H31NO4.C2H6/c1-3-12-27-21(24)14-16-8-9-19(20(13-16)26-2)22(25)23-11-10-17-6-4-5-7-18(17)15-23;1-2/h8-9,13,17-18H,3-7,10-12,14-15H2,1-2H3;1-2H3/t17-,18?;/m1./s1. The van der Waals surface area contributed by atoms with Crippen molar-refractivity contribution in [2.75, 3.05) is 26.8 Å². The molecule has 5 nitrogen and oxygen atoms in total. The minimum Gasteiger partial charge on any atom is -0.496 e. The molecule has 3 rings (SSSR count). The van der Waals surface area contributed by atoms with Crippen molar-refractivity contribution in [3.63, 3.8) is 0 Å². The number of hydrogen-bond donors (Lipinski definition) is 0. The number of esters is 1. The molecule has 1 saturated carbocycles. The molecular formula is C24H37NO4. The summed E-state index contributed by atoms with van der Waals surface area (Å²) in [6.07, 6.45) is 7.29. The van der Waals surface area contributed by atoms with Gasteiger partial charge in [-0.1, -0.05) is 46.1 Å². The fourth-order valence-electron chi connectivity index (χ4n) is 4.41. The third-order valence-electron chi connectivity index (χ3n) is 5.89. The monoisotopic (exact) mass is 403 g/mol. The Hall–Kier alpha value is -2.04. The van der Waals surface area contributed by atoms with Crippen molar-refractivity contribution >= 4 is 11.9 Å². The van der Waals surface area contributed by atoms with Gasteiger partial charge in [-0.3, -0.25) is 9.59 Å². The summed E-state index contributed by atoms with van der Waals surface area (Å²) in [7, 11) is 1.57. The molecule has 0 N–H and O–H groups in total. The number of carbonyl (C=O) groups is 2. The first kappa shape index (κ1) is 23.2. The van der Waals surface area contributed by atoms with Gasteiger partial charge in [0.15, 0.2) is 0 Å². The number of nitrogens with zero attached hydrogens (tertiary/aromatic N) is 1. The van der Waals surface area contributed by atoms with E-state index in [4.69, 9.17) is 9.47 Å². The fourth-order valence-corrected chi connectivity index (χ4v) is 4.41. The maximum atomic E-state index is 13.1. The SMILES string of the molecule is CC.CCCOC(=O)Cc1ccc(C(=O)N2CC[C@H]3CCCCC3C2)c(OC)c1. The second kappa shape index (κ2) is 11.8. The van der Waals surface area contributed by atoms with E-state index in [1.807, 2.05) is 31.7 Å². The lowest BCUT2D eigenvalue weighted by atomic mass is 9.75. The first-order chi connectivity index (χ1) is 14.1. The Kier molecular flexibility index (Phi) is 9.49. The highest BCUT2D eigenvalue weighted by atomic mass is 16.5. The summed E-state index contributed by atoms with van der Waals surface area (Å²) in [6.45, 7) is 8.09. The number of ether oxygens (including phenoxy) is 2. The van der Waals surface area contributed by atoms with Crippen LogP contribution in [0.3, 0.4) is 0 Å². The first-order valence-electron chi connectivity index (χ1n) is 11.2. The average molecular weight is 404 g/mol. The molecule has 2 aliphatic rings. The van der Waals surface area contributed by atoms with Crippen molar-refractivity contribution in [1.29, 1.82) is 0 Å². The highest BCUT2D eigenvalue weighted by Gasteiger charge is 2.33. The van der Waals surface area contributed by atoms with Crippen molar-refractivity contribution in [2.24, 2.45) is 11.8 Å². The number of methoxy groups -OCH3 is 1. The molecule has 1 aliphatic heterocycles. The smallest absolute Gasteiger partial charge is 0.310 e. The van der Waals surface area contributed by atoms with Crippen LogP contribution in [-0.2, 0) is 16.0 Å². The van der Waals surface area contributed by atoms with Crippen LogP contribution in [-0.4, -0.2) is 43.6 Å². The molecule has 1 amide bonds. The minimum absolute atomic E-state index is 0.0379. The summed E-state index contributed by atoms with van der Waals surface area (Å²) in [5.41, 5.74) is 1.38. The summed E-state index contributed by atoms with van der Waals surface area (Å²) in [5, 5.41) is 0. The molecule has 1 aliphatic carbocycles. The van der Waals surface area contributed by atoms with Crippen molar-refractivity contribution in [3.8, 4) is 5.75 Å². The van der Waals surface area contributed by atoms with Gasteiger partial charge in [0.05, 0.1) is 25.7 Å². The molecular weight excluding hydrogens is 366 g/mol. The molecule has 0 radical (unpaired) electrons. The number of hydrogen-bond acceptors (Lipinski definition) is 4. The van der Waals surface area contributed by atoms with Crippen molar-refractivity contribution in [3.05, 3.63) is 29.3 Å². The van der Waals surface area contributed by atoms with Gasteiger partial charge in [0.2, 0.25) is 0 Å². The van der Waals surface area contributed by atoms with Gasteiger partial charge in [-0.25, -0.2) is 0 Å². The Labute approximate surface area is 175 Å². The van der Waals surface area contributed by atoms with Crippen LogP contribution >= 0.6 is 0 Å². The Bertz CT molecular complexity index is 673. The van der Waals surface area contributed by atoms with Gasteiger partial charge in [-0.2, -0.15) is 0 Å². The van der Waals surface area contributed by atoms with Crippen LogP contribution in [0, 0.1) is 11.8 Å². The molecule has 0 spiro atoms. The summed E-state index contributed by atoms with van der Waals surface area (Å²) in [4.78, 5) is 26.9. The maximum Gasteiger partial charge on any atom is 0.310 e. The first-order valence-corrected chi connectivity index (χ1v) is 11.2. The second-order valence-electron chi connectivity index (χ2n) is 7.78. The van der Waals surface area contributed by atoms with Gasteiger partial charge >= 0.3 is 5.97 Å². The number of amides is 1. The lowest BCUT2D eigenvalue weighted by molar-refractivity contribution is -0.142.